The lowest BCUT2D eigenvalue weighted by molar-refractivity contribution is 0.0952. The number of nitrogens with two attached hydrogens (primary N) is 1. The minimum atomic E-state index is -0.698. The van der Waals surface area contributed by atoms with Crippen molar-refractivity contribution >= 4 is 46.1 Å². The molecule has 0 bridgehead atoms. The van der Waals surface area contributed by atoms with Crippen molar-refractivity contribution in [2.24, 2.45) is 5.73 Å². The molecule has 5 rings (SSSR count). The molecule has 4 aromatic rings. The Labute approximate surface area is 234 Å². The number of hydrogen-bond acceptors (Lipinski definition) is 8. The van der Waals surface area contributed by atoms with Crippen molar-refractivity contribution in [2.75, 3.05) is 29.9 Å². The lowest BCUT2D eigenvalue weighted by atomic mass is 10.1. The highest BCUT2D eigenvalue weighted by Crippen LogP contribution is 2.24. The van der Waals surface area contributed by atoms with Gasteiger partial charge in [0.05, 0.1) is 10.7 Å². The number of hydrogen-bond donors (Lipinski definition) is 5. The van der Waals surface area contributed by atoms with Gasteiger partial charge in [-0.1, -0.05) is 29.8 Å². The third-order valence-corrected chi connectivity index (χ3v) is 7.13. The van der Waals surface area contributed by atoms with E-state index in [-0.39, 0.29) is 39.5 Å². The van der Waals surface area contributed by atoms with Gasteiger partial charge in [0.1, 0.15) is 17.0 Å². The molecule has 0 saturated carbocycles. The van der Waals surface area contributed by atoms with Crippen LogP contribution < -0.4 is 26.8 Å². The van der Waals surface area contributed by atoms with Gasteiger partial charge >= 0.3 is 0 Å². The molecule has 11 nitrogen and oxygen atoms in total. The number of aromatic hydroxyl groups is 1. The molecule has 0 atom stereocenters. The molecule has 1 aliphatic rings. The SMILES string of the molecule is NC1CCN(c2ncc3cc(C(=O)Nc4cc(C(=O)NCCc5ccccc5O)ccc4Cl)c(=O)[nH]c3n2)CC1. The van der Waals surface area contributed by atoms with E-state index in [0.29, 0.717) is 35.5 Å². The maximum atomic E-state index is 13.0. The third kappa shape index (κ3) is 6.05. The van der Waals surface area contributed by atoms with E-state index in [2.05, 4.69) is 25.6 Å². The molecule has 2 aromatic heterocycles. The summed E-state index contributed by atoms with van der Waals surface area (Å²) in [5.74, 6) is -0.420. The first-order chi connectivity index (χ1) is 19.3. The van der Waals surface area contributed by atoms with E-state index in [1.807, 2.05) is 11.0 Å². The highest BCUT2D eigenvalue weighted by atomic mass is 35.5. The van der Waals surface area contributed by atoms with Crippen LogP contribution in [0.2, 0.25) is 5.02 Å². The molecule has 1 fully saturated rings. The fourth-order valence-corrected chi connectivity index (χ4v) is 4.66. The van der Waals surface area contributed by atoms with Gasteiger partial charge in [-0.2, -0.15) is 4.98 Å². The summed E-state index contributed by atoms with van der Waals surface area (Å²) in [7, 11) is 0. The van der Waals surface area contributed by atoms with Crippen molar-refractivity contribution in [1.82, 2.24) is 20.3 Å². The largest absolute Gasteiger partial charge is 0.508 e. The highest BCUT2D eigenvalue weighted by molar-refractivity contribution is 6.34. The number of aromatic nitrogens is 3. The number of pyridine rings is 1. The molecule has 2 amide bonds. The van der Waals surface area contributed by atoms with Crippen molar-refractivity contribution in [3.63, 3.8) is 0 Å². The first kappa shape index (κ1) is 27.1. The second kappa shape index (κ2) is 11.7. The van der Waals surface area contributed by atoms with Gasteiger partial charge in [0.2, 0.25) is 5.95 Å². The molecule has 6 N–H and O–H groups in total. The van der Waals surface area contributed by atoms with Crippen molar-refractivity contribution in [3.8, 4) is 5.75 Å². The Morgan fingerprint density at radius 2 is 1.90 bits per heavy atom. The average Bonchev–Trinajstić information content (AvgIpc) is 2.95. The van der Waals surface area contributed by atoms with Crippen LogP contribution in [0.4, 0.5) is 11.6 Å². The summed E-state index contributed by atoms with van der Waals surface area (Å²) in [6.07, 6.45) is 3.67. The number of rotatable bonds is 7. The van der Waals surface area contributed by atoms with Gasteiger partial charge in [0.25, 0.3) is 17.4 Å². The van der Waals surface area contributed by atoms with E-state index in [4.69, 9.17) is 17.3 Å². The Balaban J connectivity index is 1.28. The van der Waals surface area contributed by atoms with Gasteiger partial charge in [-0.15, -0.1) is 0 Å². The van der Waals surface area contributed by atoms with E-state index in [9.17, 15) is 19.5 Å². The Kier molecular flexibility index (Phi) is 7.94. The molecule has 3 heterocycles. The Hall–Kier alpha value is -4.48. The highest BCUT2D eigenvalue weighted by Gasteiger charge is 2.20. The van der Waals surface area contributed by atoms with E-state index >= 15 is 0 Å². The molecule has 40 heavy (non-hydrogen) atoms. The summed E-state index contributed by atoms with van der Waals surface area (Å²) in [5, 5.41) is 16.0. The predicted molar refractivity (Wildman–Crippen MR) is 153 cm³/mol. The molecule has 2 aromatic carbocycles. The lowest BCUT2D eigenvalue weighted by Gasteiger charge is -2.30. The summed E-state index contributed by atoms with van der Waals surface area (Å²) in [4.78, 5) is 52.1. The maximum Gasteiger partial charge on any atom is 0.262 e. The minimum absolute atomic E-state index is 0.151. The minimum Gasteiger partial charge on any atom is -0.508 e. The van der Waals surface area contributed by atoms with Crippen molar-refractivity contribution in [3.05, 3.63) is 86.8 Å². The maximum absolute atomic E-state index is 13.0. The van der Waals surface area contributed by atoms with Crippen LogP contribution in [0.25, 0.3) is 11.0 Å². The molecule has 0 unspecified atom stereocenters. The number of H-pyrrole nitrogens is 1. The molecule has 12 heteroatoms. The monoisotopic (exact) mass is 561 g/mol. The summed E-state index contributed by atoms with van der Waals surface area (Å²) in [6.45, 7) is 1.75. The zero-order valence-corrected chi connectivity index (χ0v) is 22.2. The van der Waals surface area contributed by atoms with Crippen LogP contribution in [0.15, 0.2) is 59.5 Å². The number of aromatic amines is 1. The fourth-order valence-electron chi connectivity index (χ4n) is 4.49. The van der Waals surface area contributed by atoms with E-state index in [1.165, 1.54) is 24.3 Å². The van der Waals surface area contributed by atoms with Gasteiger partial charge in [-0.05, 0) is 55.2 Å². The Bertz CT molecular complexity index is 1630. The van der Waals surface area contributed by atoms with Crippen LogP contribution in [0.3, 0.4) is 0 Å². The van der Waals surface area contributed by atoms with Gasteiger partial charge in [0.15, 0.2) is 0 Å². The zero-order chi connectivity index (χ0) is 28.2. The Morgan fingerprint density at radius 1 is 1.12 bits per heavy atom. The number of para-hydroxylation sites is 1. The molecule has 0 aliphatic carbocycles. The number of anilines is 2. The molecule has 0 spiro atoms. The van der Waals surface area contributed by atoms with Gasteiger partial charge < -0.3 is 31.4 Å². The fraction of sp³-hybridized carbons (Fsp3) is 0.250. The van der Waals surface area contributed by atoms with Crippen LogP contribution in [0.5, 0.6) is 5.75 Å². The average molecular weight is 562 g/mol. The number of carbonyl (C=O) groups excluding carboxylic acids is 2. The van der Waals surface area contributed by atoms with E-state index < -0.39 is 11.5 Å². The summed E-state index contributed by atoms with van der Waals surface area (Å²) in [6, 6.07) is 12.9. The van der Waals surface area contributed by atoms with Crippen LogP contribution >= 0.6 is 11.6 Å². The number of nitrogens with zero attached hydrogens (tertiary/aromatic N) is 3. The third-order valence-electron chi connectivity index (χ3n) is 6.80. The van der Waals surface area contributed by atoms with Crippen LogP contribution in [0, 0.1) is 0 Å². The molecular weight excluding hydrogens is 534 g/mol. The zero-order valence-electron chi connectivity index (χ0n) is 21.5. The van der Waals surface area contributed by atoms with Crippen LogP contribution in [-0.4, -0.2) is 57.5 Å². The first-order valence-corrected chi connectivity index (χ1v) is 13.2. The predicted octanol–water partition coefficient (Wildman–Crippen LogP) is 2.83. The van der Waals surface area contributed by atoms with E-state index in [0.717, 1.165) is 25.9 Å². The summed E-state index contributed by atoms with van der Waals surface area (Å²) in [5.41, 5.74) is 6.68. The lowest BCUT2D eigenvalue weighted by Crippen LogP contribution is -2.40. The molecule has 1 saturated heterocycles. The van der Waals surface area contributed by atoms with Crippen molar-refractivity contribution in [2.45, 2.75) is 25.3 Å². The van der Waals surface area contributed by atoms with Crippen LogP contribution in [-0.2, 0) is 6.42 Å². The number of carbonyl (C=O) groups is 2. The second-order valence-electron chi connectivity index (χ2n) is 9.59. The van der Waals surface area contributed by atoms with Gasteiger partial charge in [0, 0.05) is 42.8 Å². The number of amides is 2. The quantitative estimate of drug-likeness (QED) is 0.230. The smallest absolute Gasteiger partial charge is 0.262 e. The normalized spacial score (nSPS) is 13.8. The van der Waals surface area contributed by atoms with Gasteiger partial charge in [-0.25, -0.2) is 4.98 Å². The number of halogens is 1. The molecule has 0 radical (unpaired) electrons. The number of benzene rings is 2. The second-order valence-corrected chi connectivity index (χ2v) is 10.0. The number of phenols is 1. The number of piperidine rings is 1. The molecule has 1 aliphatic heterocycles. The Morgan fingerprint density at radius 3 is 2.67 bits per heavy atom. The summed E-state index contributed by atoms with van der Waals surface area (Å²) >= 11 is 6.28. The van der Waals surface area contributed by atoms with Crippen molar-refractivity contribution in [1.29, 1.82) is 0 Å². The number of phenolic OH excluding ortho intramolecular Hbond substituents is 1. The number of nitrogens with one attached hydrogen (secondary N) is 3. The number of fused-ring (bicyclic) bond motifs is 1. The van der Waals surface area contributed by atoms with E-state index in [1.54, 1.807) is 24.4 Å². The molecular formula is C28H28ClN7O4. The van der Waals surface area contributed by atoms with Crippen LogP contribution in [0.1, 0.15) is 39.1 Å². The first-order valence-electron chi connectivity index (χ1n) is 12.8. The topological polar surface area (TPSA) is 166 Å². The van der Waals surface area contributed by atoms with Crippen molar-refractivity contribution < 1.29 is 14.7 Å². The molecule has 206 valence electrons. The standard InChI is InChI=1S/C28H28ClN7O4/c29-21-6-5-17(25(38)31-10-7-16-3-1-2-4-23(16)37)14-22(21)33-26(39)20-13-18-15-32-28(35-24(18)34-27(20)40)36-11-8-19(30)9-12-36/h1-6,13-15,19,37H,7-12,30H2,(H,31,38)(H,33,39)(H,32,34,35,40). The van der Waals surface area contributed by atoms with Gasteiger partial charge in [-0.3, -0.25) is 14.4 Å². The summed E-state index contributed by atoms with van der Waals surface area (Å²) < 4.78 is 0.